The fraction of sp³-hybridized carbons (Fsp3) is 0.292. The van der Waals surface area contributed by atoms with E-state index in [0.29, 0.717) is 29.2 Å². The van der Waals surface area contributed by atoms with Crippen molar-refractivity contribution in [1.82, 2.24) is 0 Å². The molecule has 3 rings (SSSR count). The molecule has 2 aromatic carbocycles. The summed E-state index contributed by atoms with van der Waals surface area (Å²) in [6.45, 7) is 3.72. The first-order valence-corrected chi connectivity index (χ1v) is 11.5. The Hall–Kier alpha value is -2.77. The fourth-order valence-electron chi connectivity index (χ4n) is 3.45. The van der Waals surface area contributed by atoms with Gasteiger partial charge in [0.2, 0.25) is 11.8 Å². The number of hydrogen-bond donors (Lipinski definition) is 3. The second-order valence-electron chi connectivity index (χ2n) is 7.72. The van der Waals surface area contributed by atoms with Gasteiger partial charge in [-0.25, -0.2) is 0 Å². The summed E-state index contributed by atoms with van der Waals surface area (Å²) >= 11 is 7.41. The number of rotatable bonds is 7. The van der Waals surface area contributed by atoms with Gasteiger partial charge >= 0.3 is 5.97 Å². The van der Waals surface area contributed by atoms with E-state index in [1.54, 1.807) is 30.3 Å². The fourth-order valence-corrected chi connectivity index (χ4v) is 4.49. The normalized spacial score (nSPS) is 18.6. The molecule has 6 nitrogen and oxygen atoms in total. The molecule has 32 heavy (non-hydrogen) atoms. The van der Waals surface area contributed by atoms with Crippen LogP contribution in [0.15, 0.2) is 59.5 Å². The van der Waals surface area contributed by atoms with Crippen molar-refractivity contribution < 1.29 is 19.5 Å². The zero-order valence-corrected chi connectivity index (χ0v) is 19.4. The maximum atomic E-state index is 12.6. The number of carboxylic acids is 1. The van der Waals surface area contributed by atoms with Gasteiger partial charge in [0.05, 0.1) is 17.1 Å². The Kier molecular flexibility index (Phi) is 7.99. The average Bonchev–Trinajstić information content (AvgIpc) is 2.77. The Morgan fingerprint density at radius 2 is 1.69 bits per heavy atom. The van der Waals surface area contributed by atoms with Crippen molar-refractivity contribution in [2.45, 2.75) is 36.8 Å². The standard InChI is InChI=1S/C24H25ClN2O4S/c1-14-7-8-16(25)13-21(14)27-22(28)15(2)32-18-11-9-17(10-12-18)26-23(29)19-5-3-4-6-20(19)24(30)31/h3-4,7-13,15,19-20H,5-6H2,1-2H3,(H,26,29)(H,27,28)(H,30,31)/t15-,19+,20+/m0/s1. The molecule has 0 bridgehead atoms. The molecule has 0 spiro atoms. The topological polar surface area (TPSA) is 95.5 Å². The highest BCUT2D eigenvalue weighted by molar-refractivity contribution is 8.00. The van der Waals surface area contributed by atoms with Crippen molar-refractivity contribution in [3.05, 3.63) is 65.2 Å². The first-order valence-electron chi connectivity index (χ1n) is 10.3. The Morgan fingerprint density at radius 3 is 2.34 bits per heavy atom. The number of thioether (sulfide) groups is 1. The van der Waals surface area contributed by atoms with Crippen molar-refractivity contribution in [3.63, 3.8) is 0 Å². The molecule has 2 aromatic rings. The smallest absolute Gasteiger partial charge is 0.307 e. The molecule has 1 aliphatic rings. The van der Waals surface area contributed by atoms with Gasteiger partial charge in [-0.3, -0.25) is 14.4 Å². The molecule has 8 heteroatoms. The van der Waals surface area contributed by atoms with Crippen LogP contribution in [0.4, 0.5) is 11.4 Å². The van der Waals surface area contributed by atoms with Gasteiger partial charge in [0.25, 0.3) is 0 Å². The molecule has 0 heterocycles. The molecule has 0 fully saturated rings. The molecule has 3 N–H and O–H groups in total. The summed E-state index contributed by atoms with van der Waals surface area (Å²) in [7, 11) is 0. The number of hydrogen-bond acceptors (Lipinski definition) is 4. The van der Waals surface area contributed by atoms with E-state index < -0.39 is 17.8 Å². The first-order chi connectivity index (χ1) is 15.2. The van der Waals surface area contributed by atoms with Gasteiger partial charge in [-0.2, -0.15) is 0 Å². The lowest BCUT2D eigenvalue weighted by Gasteiger charge is -2.24. The van der Waals surface area contributed by atoms with Crippen molar-refractivity contribution in [2.75, 3.05) is 10.6 Å². The number of anilines is 2. The summed E-state index contributed by atoms with van der Waals surface area (Å²) in [4.78, 5) is 37.4. The third-order valence-corrected chi connectivity index (χ3v) is 6.69. The van der Waals surface area contributed by atoms with Crippen LogP contribution >= 0.6 is 23.4 Å². The molecule has 0 radical (unpaired) electrons. The average molecular weight is 473 g/mol. The number of aryl methyl sites for hydroxylation is 1. The zero-order chi connectivity index (χ0) is 23.3. The second-order valence-corrected chi connectivity index (χ2v) is 9.57. The van der Waals surface area contributed by atoms with Crippen LogP contribution in [0, 0.1) is 18.8 Å². The van der Waals surface area contributed by atoms with Crippen molar-refractivity contribution in [2.24, 2.45) is 11.8 Å². The molecule has 1 aliphatic carbocycles. The van der Waals surface area contributed by atoms with Gasteiger partial charge in [0.15, 0.2) is 0 Å². The Labute approximate surface area is 196 Å². The number of amides is 2. The minimum Gasteiger partial charge on any atom is -0.481 e. The summed E-state index contributed by atoms with van der Waals surface area (Å²) < 4.78 is 0. The largest absolute Gasteiger partial charge is 0.481 e. The number of halogens is 1. The van der Waals surface area contributed by atoms with Gasteiger partial charge < -0.3 is 15.7 Å². The SMILES string of the molecule is Cc1ccc(Cl)cc1NC(=O)[C@H](C)Sc1ccc(NC(=O)[C@@H]2CC=CC[C@H]2C(=O)O)cc1. The van der Waals surface area contributed by atoms with Gasteiger partial charge in [-0.05, 0) is 68.7 Å². The predicted molar refractivity (Wildman–Crippen MR) is 128 cm³/mol. The third kappa shape index (κ3) is 6.14. The number of carboxylic acid groups (broad SMARTS) is 1. The number of nitrogens with one attached hydrogen (secondary N) is 2. The van der Waals surface area contributed by atoms with E-state index in [4.69, 9.17) is 11.6 Å². The number of benzene rings is 2. The van der Waals surface area contributed by atoms with Crippen LogP contribution in [0.25, 0.3) is 0 Å². The lowest BCUT2D eigenvalue weighted by atomic mass is 9.82. The van der Waals surface area contributed by atoms with Gasteiger partial charge in [0, 0.05) is 21.3 Å². The lowest BCUT2D eigenvalue weighted by Crippen LogP contribution is -2.34. The first kappa shape index (κ1) is 23.9. The highest BCUT2D eigenvalue weighted by atomic mass is 35.5. The third-order valence-electron chi connectivity index (χ3n) is 5.35. The van der Waals surface area contributed by atoms with E-state index in [-0.39, 0.29) is 17.1 Å². The maximum Gasteiger partial charge on any atom is 0.307 e. The quantitative estimate of drug-likeness (QED) is 0.371. The van der Waals surface area contributed by atoms with E-state index in [9.17, 15) is 19.5 Å². The van der Waals surface area contributed by atoms with Crippen LogP contribution < -0.4 is 10.6 Å². The molecule has 0 saturated heterocycles. The molecule has 0 saturated carbocycles. The molecule has 0 aliphatic heterocycles. The van der Waals surface area contributed by atoms with Crippen LogP contribution in [0.1, 0.15) is 25.3 Å². The monoisotopic (exact) mass is 472 g/mol. The van der Waals surface area contributed by atoms with Crippen LogP contribution in [-0.4, -0.2) is 28.1 Å². The van der Waals surface area contributed by atoms with Crippen LogP contribution in [0.3, 0.4) is 0 Å². The van der Waals surface area contributed by atoms with E-state index in [1.807, 2.05) is 38.1 Å². The minimum atomic E-state index is -0.957. The summed E-state index contributed by atoms with van der Waals surface area (Å²) in [6, 6.07) is 12.5. The van der Waals surface area contributed by atoms with Crippen LogP contribution in [0.2, 0.25) is 5.02 Å². The van der Waals surface area contributed by atoms with Gasteiger partial charge in [0.1, 0.15) is 0 Å². The maximum absolute atomic E-state index is 12.6. The van der Waals surface area contributed by atoms with Crippen molar-refractivity contribution >= 4 is 52.5 Å². The molecule has 0 unspecified atom stereocenters. The van der Waals surface area contributed by atoms with Crippen LogP contribution in [-0.2, 0) is 14.4 Å². The number of allylic oxidation sites excluding steroid dienone is 2. The second kappa shape index (κ2) is 10.7. The summed E-state index contributed by atoms with van der Waals surface area (Å²) in [5, 5.41) is 15.3. The van der Waals surface area contributed by atoms with E-state index in [1.165, 1.54) is 11.8 Å². The minimum absolute atomic E-state index is 0.136. The van der Waals surface area contributed by atoms with E-state index in [0.717, 1.165) is 10.5 Å². The number of carbonyl (C=O) groups excluding carboxylic acids is 2. The van der Waals surface area contributed by atoms with Gasteiger partial charge in [-0.1, -0.05) is 29.8 Å². The van der Waals surface area contributed by atoms with Crippen LogP contribution in [0.5, 0.6) is 0 Å². The molecular formula is C24H25ClN2O4S. The zero-order valence-electron chi connectivity index (χ0n) is 17.8. The molecule has 2 amide bonds. The summed E-state index contributed by atoms with van der Waals surface area (Å²) in [5.41, 5.74) is 2.20. The summed E-state index contributed by atoms with van der Waals surface area (Å²) in [5.74, 6) is -2.70. The number of carbonyl (C=O) groups is 3. The van der Waals surface area contributed by atoms with Crippen molar-refractivity contribution in [3.8, 4) is 0 Å². The Morgan fingerprint density at radius 1 is 1.03 bits per heavy atom. The Bertz CT molecular complexity index is 1040. The molecular weight excluding hydrogens is 448 g/mol. The number of aliphatic carboxylic acids is 1. The highest BCUT2D eigenvalue weighted by Gasteiger charge is 2.33. The molecule has 3 atom stereocenters. The lowest BCUT2D eigenvalue weighted by molar-refractivity contribution is -0.146. The highest BCUT2D eigenvalue weighted by Crippen LogP contribution is 2.29. The van der Waals surface area contributed by atoms with E-state index >= 15 is 0 Å². The molecule has 168 valence electrons. The summed E-state index contributed by atoms with van der Waals surface area (Å²) in [6.07, 6.45) is 4.42. The molecule has 0 aromatic heterocycles. The predicted octanol–water partition coefficient (Wildman–Crippen LogP) is 5.37. The van der Waals surface area contributed by atoms with Gasteiger partial charge in [-0.15, -0.1) is 11.8 Å². The van der Waals surface area contributed by atoms with E-state index in [2.05, 4.69) is 10.6 Å². The Balaban J connectivity index is 1.57. The van der Waals surface area contributed by atoms with Crippen molar-refractivity contribution in [1.29, 1.82) is 0 Å².